The number of halogens is 2. The molecule has 0 unspecified atom stereocenters. The standard InChI is InChI=1S/C21H19Cl2N3O3S/c1-11-6-12(2)19(17(23)7-11)26(13(3)27)21-25-15(10-30-21)9-29-18-5-4-14(22)8-16(18)20(24)28/h4-8,10H,9H2,1-3H3,(H2,24,28). The van der Waals surface area contributed by atoms with Crippen molar-refractivity contribution in [3.05, 3.63) is 68.1 Å². The maximum absolute atomic E-state index is 12.4. The average Bonchev–Trinajstić information content (AvgIpc) is 3.11. The van der Waals surface area contributed by atoms with Crippen LogP contribution >= 0.6 is 34.5 Å². The lowest BCUT2D eigenvalue weighted by Crippen LogP contribution is -2.24. The first-order valence-electron chi connectivity index (χ1n) is 8.91. The third-order valence-electron chi connectivity index (χ3n) is 4.25. The van der Waals surface area contributed by atoms with Gasteiger partial charge < -0.3 is 10.5 Å². The van der Waals surface area contributed by atoms with E-state index in [1.807, 2.05) is 26.0 Å². The predicted octanol–water partition coefficient (Wildman–Crippen LogP) is 5.43. The first kappa shape index (κ1) is 22.1. The number of carbonyl (C=O) groups excluding carboxylic acids is 2. The Labute approximate surface area is 188 Å². The summed E-state index contributed by atoms with van der Waals surface area (Å²) in [6, 6.07) is 8.40. The molecule has 0 saturated heterocycles. The van der Waals surface area contributed by atoms with Gasteiger partial charge in [0.15, 0.2) is 5.13 Å². The number of thiazole rings is 1. The topological polar surface area (TPSA) is 85.5 Å². The smallest absolute Gasteiger partial charge is 0.252 e. The highest BCUT2D eigenvalue weighted by molar-refractivity contribution is 7.14. The van der Waals surface area contributed by atoms with Gasteiger partial charge in [0.25, 0.3) is 5.91 Å². The van der Waals surface area contributed by atoms with Gasteiger partial charge in [-0.1, -0.05) is 29.3 Å². The molecular formula is C21H19Cl2N3O3S. The van der Waals surface area contributed by atoms with Gasteiger partial charge >= 0.3 is 0 Å². The van der Waals surface area contributed by atoms with E-state index >= 15 is 0 Å². The molecule has 2 aromatic carbocycles. The molecule has 1 aromatic heterocycles. The number of nitrogens with two attached hydrogens (primary N) is 1. The summed E-state index contributed by atoms with van der Waals surface area (Å²) in [4.78, 5) is 30.0. The maximum atomic E-state index is 12.4. The summed E-state index contributed by atoms with van der Waals surface area (Å²) < 4.78 is 5.72. The van der Waals surface area contributed by atoms with Gasteiger partial charge in [-0.25, -0.2) is 4.98 Å². The van der Waals surface area contributed by atoms with Crippen LogP contribution in [0.25, 0.3) is 0 Å². The minimum absolute atomic E-state index is 0.0881. The van der Waals surface area contributed by atoms with Crippen LogP contribution in [0.4, 0.5) is 10.8 Å². The van der Waals surface area contributed by atoms with Crippen LogP contribution in [-0.4, -0.2) is 16.8 Å². The second-order valence-corrected chi connectivity index (χ2v) is 8.36. The summed E-state index contributed by atoms with van der Waals surface area (Å²) in [7, 11) is 0. The molecule has 3 rings (SSSR count). The van der Waals surface area contributed by atoms with Crippen LogP contribution in [0, 0.1) is 13.8 Å². The fourth-order valence-electron chi connectivity index (χ4n) is 3.02. The molecule has 0 aliphatic carbocycles. The third kappa shape index (κ3) is 4.75. The molecular weight excluding hydrogens is 445 g/mol. The van der Waals surface area contributed by atoms with Crippen LogP contribution in [-0.2, 0) is 11.4 Å². The maximum Gasteiger partial charge on any atom is 0.252 e. The number of rotatable bonds is 6. The number of benzene rings is 2. The minimum atomic E-state index is -0.640. The predicted molar refractivity (Wildman–Crippen MR) is 120 cm³/mol. The van der Waals surface area contributed by atoms with E-state index in [9.17, 15) is 9.59 Å². The van der Waals surface area contributed by atoms with Gasteiger partial charge in [0.2, 0.25) is 5.91 Å². The zero-order valence-corrected chi connectivity index (χ0v) is 18.9. The molecule has 0 saturated carbocycles. The number of aromatic nitrogens is 1. The molecule has 6 nitrogen and oxygen atoms in total. The largest absolute Gasteiger partial charge is 0.486 e. The van der Waals surface area contributed by atoms with E-state index in [1.165, 1.54) is 29.2 Å². The molecule has 0 fully saturated rings. The summed E-state index contributed by atoms with van der Waals surface area (Å²) >= 11 is 13.6. The molecule has 0 aliphatic heterocycles. The number of primary amides is 1. The number of anilines is 2. The normalized spacial score (nSPS) is 10.7. The van der Waals surface area contributed by atoms with Crippen molar-refractivity contribution in [2.75, 3.05) is 4.90 Å². The average molecular weight is 464 g/mol. The molecule has 0 aliphatic rings. The lowest BCUT2D eigenvalue weighted by Gasteiger charge is -2.22. The SMILES string of the molecule is CC(=O)N(c1nc(COc2ccc(Cl)cc2C(N)=O)cs1)c1c(C)cc(C)cc1Cl. The molecule has 2 N–H and O–H groups in total. The van der Waals surface area contributed by atoms with Crippen molar-refractivity contribution in [1.29, 1.82) is 0 Å². The second kappa shape index (κ2) is 9.04. The van der Waals surface area contributed by atoms with Crippen molar-refractivity contribution >= 4 is 57.2 Å². The zero-order chi connectivity index (χ0) is 22.0. The third-order valence-corrected chi connectivity index (χ3v) is 5.65. The van der Waals surface area contributed by atoms with Crippen molar-refractivity contribution < 1.29 is 14.3 Å². The van der Waals surface area contributed by atoms with Crippen molar-refractivity contribution in [2.24, 2.45) is 5.73 Å². The van der Waals surface area contributed by atoms with Crippen LogP contribution in [0.5, 0.6) is 5.75 Å². The Bertz CT molecular complexity index is 1110. The summed E-state index contributed by atoms with van der Waals surface area (Å²) in [6.07, 6.45) is 0. The van der Waals surface area contributed by atoms with Gasteiger partial charge in [-0.2, -0.15) is 0 Å². The van der Waals surface area contributed by atoms with E-state index in [0.29, 0.717) is 32.3 Å². The molecule has 156 valence electrons. The van der Waals surface area contributed by atoms with Crippen molar-refractivity contribution in [1.82, 2.24) is 4.98 Å². The fraction of sp³-hybridized carbons (Fsp3) is 0.190. The summed E-state index contributed by atoms with van der Waals surface area (Å²) in [5, 5.41) is 3.11. The first-order chi connectivity index (χ1) is 14.2. The molecule has 1 heterocycles. The minimum Gasteiger partial charge on any atom is -0.486 e. The Morgan fingerprint density at radius 1 is 1.20 bits per heavy atom. The van der Waals surface area contributed by atoms with Gasteiger partial charge in [-0.05, 0) is 49.2 Å². The van der Waals surface area contributed by atoms with Crippen LogP contribution in [0.15, 0.2) is 35.7 Å². The summed E-state index contributed by atoms with van der Waals surface area (Å²) in [5.41, 5.74) is 8.64. The lowest BCUT2D eigenvalue weighted by molar-refractivity contribution is -0.115. The number of hydrogen-bond acceptors (Lipinski definition) is 5. The molecule has 30 heavy (non-hydrogen) atoms. The van der Waals surface area contributed by atoms with Gasteiger partial charge in [-0.15, -0.1) is 11.3 Å². The fourth-order valence-corrected chi connectivity index (χ4v) is 4.45. The Kier molecular flexibility index (Phi) is 6.65. The first-order valence-corrected chi connectivity index (χ1v) is 10.5. The van der Waals surface area contributed by atoms with E-state index < -0.39 is 5.91 Å². The Morgan fingerprint density at radius 3 is 2.57 bits per heavy atom. The Morgan fingerprint density at radius 2 is 1.93 bits per heavy atom. The van der Waals surface area contributed by atoms with E-state index in [0.717, 1.165) is 11.1 Å². The van der Waals surface area contributed by atoms with Crippen LogP contribution in [0.2, 0.25) is 10.0 Å². The van der Waals surface area contributed by atoms with E-state index in [-0.39, 0.29) is 18.1 Å². The summed E-state index contributed by atoms with van der Waals surface area (Å²) in [6.45, 7) is 5.38. The number of nitrogens with zero attached hydrogens (tertiary/aromatic N) is 2. The number of hydrogen-bond donors (Lipinski definition) is 1. The van der Waals surface area contributed by atoms with Gasteiger partial charge in [0, 0.05) is 17.3 Å². The van der Waals surface area contributed by atoms with Crippen LogP contribution < -0.4 is 15.4 Å². The number of amides is 2. The van der Waals surface area contributed by atoms with Crippen LogP contribution in [0.1, 0.15) is 34.1 Å². The molecule has 0 spiro atoms. The number of ether oxygens (including phenoxy) is 1. The molecule has 2 amide bonds. The highest BCUT2D eigenvalue weighted by Crippen LogP contribution is 2.37. The van der Waals surface area contributed by atoms with Crippen molar-refractivity contribution in [3.8, 4) is 5.75 Å². The lowest BCUT2D eigenvalue weighted by atomic mass is 10.1. The quantitative estimate of drug-likeness (QED) is 0.527. The van der Waals surface area contributed by atoms with Crippen LogP contribution in [0.3, 0.4) is 0 Å². The van der Waals surface area contributed by atoms with E-state index in [4.69, 9.17) is 33.7 Å². The highest BCUT2D eigenvalue weighted by atomic mass is 35.5. The Balaban J connectivity index is 1.87. The monoisotopic (exact) mass is 463 g/mol. The van der Waals surface area contributed by atoms with Crippen molar-refractivity contribution in [3.63, 3.8) is 0 Å². The molecule has 9 heteroatoms. The highest BCUT2D eigenvalue weighted by Gasteiger charge is 2.23. The zero-order valence-electron chi connectivity index (χ0n) is 16.5. The number of carbonyl (C=O) groups is 2. The molecule has 0 bridgehead atoms. The van der Waals surface area contributed by atoms with Gasteiger partial charge in [0.05, 0.1) is 22.0 Å². The van der Waals surface area contributed by atoms with Gasteiger partial charge in [-0.3, -0.25) is 14.5 Å². The summed E-state index contributed by atoms with van der Waals surface area (Å²) in [5.74, 6) is -0.541. The molecule has 0 radical (unpaired) electrons. The van der Waals surface area contributed by atoms with Gasteiger partial charge in [0.1, 0.15) is 12.4 Å². The van der Waals surface area contributed by atoms with Crippen molar-refractivity contribution in [2.45, 2.75) is 27.4 Å². The molecule has 3 aromatic rings. The Hall–Kier alpha value is -2.61. The molecule has 0 atom stereocenters. The second-order valence-electron chi connectivity index (χ2n) is 6.68. The number of aryl methyl sites for hydroxylation is 2. The van der Waals surface area contributed by atoms with E-state index in [2.05, 4.69) is 4.98 Å². The van der Waals surface area contributed by atoms with E-state index in [1.54, 1.807) is 17.5 Å².